The van der Waals surface area contributed by atoms with E-state index < -0.39 is 0 Å². The summed E-state index contributed by atoms with van der Waals surface area (Å²) in [5, 5.41) is 2.35. The maximum atomic E-state index is 6.05. The van der Waals surface area contributed by atoms with Crippen molar-refractivity contribution in [1.82, 2.24) is 0 Å². The second kappa shape index (κ2) is 6.45. The minimum Gasteiger partial charge on any atom is -0.457 e. The molecule has 1 nitrogen and oxygen atoms in total. The summed E-state index contributed by atoms with van der Waals surface area (Å²) in [5.41, 5.74) is 1.38. The zero-order valence-corrected chi connectivity index (χ0v) is 12.4. The van der Waals surface area contributed by atoms with Crippen molar-refractivity contribution >= 4 is 10.8 Å². The van der Waals surface area contributed by atoms with E-state index in [0.29, 0.717) is 0 Å². The number of ether oxygens (including phenoxy) is 1. The lowest BCUT2D eigenvalue weighted by Crippen LogP contribution is -1.88. The van der Waals surface area contributed by atoms with Crippen molar-refractivity contribution in [3.8, 4) is 11.5 Å². The first kappa shape index (κ1) is 13.7. The minimum absolute atomic E-state index is 0.895. The van der Waals surface area contributed by atoms with Gasteiger partial charge in [0, 0.05) is 5.39 Å². The SMILES string of the molecule is CCCCc1ccc(Oc2cccc3ccccc23)cc1. The van der Waals surface area contributed by atoms with Gasteiger partial charge >= 0.3 is 0 Å². The predicted molar refractivity (Wildman–Crippen MR) is 89.1 cm³/mol. The molecule has 3 rings (SSSR count). The largest absolute Gasteiger partial charge is 0.457 e. The number of hydrogen-bond donors (Lipinski definition) is 0. The van der Waals surface area contributed by atoms with E-state index in [9.17, 15) is 0 Å². The highest BCUT2D eigenvalue weighted by Gasteiger charge is 2.03. The Balaban J connectivity index is 1.82. The molecule has 1 heteroatoms. The van der Waals surface area contributed by atoms with E-state index in [-0.39, 0.29) is 0 Å². The smallest absolute Gasteiger partial charge is 0.135 e. The first-order chi connectivity index (χ1) is 10.4. The molecule has 0 saturated carbocycles. The summed E-state index contributed by atoms with van der Waals surface area (Å²) in [6.07, 6.45) is 3.61. The van der Waals surface area contributed by atoms with Crippen molar-refractivity contribution in [3.63, 3.8) is 0 Å². The van der Waals surface area contributed by atoms with E-state index in [2.05, 4.69) is 55.5 Å². The lowest BCUT2D eigenvalue weighted by molar-refractivity contribution is 0.488. The van der Waals surface area contributed by atoms with Crippen LogP contribution in [0.15, 0.2) is 66.7 Å². The second-order valence-corrected chi connectivity index (χ2v) is 5.33. The number of rotatable bonds is 5. The Bertz CT molecular complexity index is 708. The van der Waals surface area contributed by atoms with Crippen LogP contribution in [0.1, 0.15) is 25.3 Å². The van der Waals surface area contributed by atoms with Gasteiger partial charge < -0.3 is 4.74 Å². The zero-order valence-electron chi connectivity index (χ0n) is 12.4. The highest BCUT2D eigenvalue weighted by Crippen LogP contribution is 2.29. The molecule has 0 radical (unpaired) electrons. The van der Waals surface area contributed by atoms with Crippen molar-refractivity contribution in [2.45, 2.75) is 26.2 Å². The standard InChI is InChI=1S/C20H20O/c1-2-3-7-16-12-14-18(15-13-16)21-20-11-6-9-17-8-4-5-10-19(17)20/h4-6,8-15H,2-3,7H2,1H3. The van der Waals surface area contributed by atoms with Crippen molar-refractivity contribution in [2.75, 3.05) is 0 Å². The van der Waals surface area contributed by atoms with Crippen LogP contribution in [-0.4, -0.2) is 0 Å². The number of unbranched alkanes of at least 4 members (excludes halogenated alkanes) is 1. The molecule has 0 unspecified atom stereocenters. The zero-order chi connectivity index (χ0) is 14.5. The van der Waals surface area contributed by atoms with E-state index in [4.69, 9.17) is 4.74 Å². The van der Waals surface area contributed by atoms with Crippen molar-refractivity contribution < 1.29 is 4.74 Å². The fourth-order valence-electron chi connectivity index (χ4n) is 2.52. The monoisotopic (exact) mass is 276 g/mol. The Hall–Kier alpha value is -2.28. The summed E-state index contributed by atoms with van der Waals surface area (Å²) in [5.74, 6) is 1.81. The van der Waals surface area contributed by atoms with Crippen LogP contribution in [-0.2, 0) is 6.42 Å². The number of fused-ring (bicyclic) bond motifs is 1. The molecular formula is C20H20O. The van der Waals surface area contributed by atoms with Gasteiger partial charge in [-0.05, 0) is 42.0 Å². The predicted octanol–water partition coefficient (Wildman–Crippen LogP) is 5.97. The first-order valence-corrected chi connectivity index (χ1v) is 7.61. The molecular weight excluding hydrogens is 256 g/mol. The third kappa shape index (κ3) is 3.25. The van der Waals surface area contributed by atoms with Gasteiger partial charge in [0.15, 0.2) is 0 Å². The van der Waals surface area contributed by atoms with Gasteiger partial charge in [-0.1, -0.05) is 61.9 Å². The van der Waals surface area contributed by atoms with Crippen LogP contribution < -0.4 is 4.74 Å². The molecule has 3 aromatic carbocycles. The molecule has 21 heavy (non-hydrogen) atoms. The average Bonchev–Trinajstić information content (AvgIpc) is 2.55. The number of benzene rings is 3. The maximum absolute atomic E-state index is 6.05. The molecule has 0 aliphatic carbocycles. The summed E-state index contributed by atoms with van der Waals surface area (Å²) in [6, 6.07) is 22.9. The van der Waals surface area contributed by atoms with E-state index in [1.807, 2.05) is 18.2 Å². The topological polar surface area (TPSA) is 9.23 Å². The Morgan fingerprint density at radius 3 is 2.38 bits per heavy atom. The molecule has 0 spiro atoms. The van der Waals surface area contributed by atoms with Crippen LogP contribution >= 0.6 is 0 Å². The van der Waals surface area contributed by atoms with Gasteiger partial charge in [-0.3, -0.25) is 0 Å². The Morgan fingerprint density at radius 2 is 1.57 bits per heavy atom. The van der Waals surface area contributed by atoms with Crippen LogP contribution in [0.4, 0.5) is 0 Å². The molecule has 0 atom stereocenters. The highest BCUT2D eigenvalue weighted by atomic mass is 16.5. The molecule has 0 N–H and O–H groups in total. The molecule has 3 aromatic rings. The van der Waals surface area contributed by atoms with Crippen molar-refractivity contribution in [2.24, 2.45) is 0 Å². The Labute approximate surface area is 126 Å². The Morgan fingerprint density at radius 1 is 0.810 bits per heavy atom. The second-order valence-electron chi connectivity index (χ2n) is 5.33. The molecule has 0 aromatic heterocycles. The third-order valence-corrected chi connectivity index (χ3v) is 3.72. The Kier molecular flexibility index (Phi) is 4.20. The lowest BCUT2D eigenvalue weighted by Gasteiger charge is -2.09. The number of aryl methyl sites for hydroxylation is 1. The van der Waals surface area contributed by atoms with Gasteiger partial charge in [-0.25, -0.2) is 0 Å². The van der Waals surface area contributed by atoms with Crippen molar-refractivity contribution in [3.05, 3.63) is 72.3 Å². The molecule has 0 bridgehead atoms. The summed E-state index contributed by atoms with van der Waals surface area (Å²) >= 11 is 0. The summed E-state index contributed by atoms with van der Waals surface area (Å²) < 4.78 is 6.05. The third-order valence-electron chi connectivity index (χ3n) is 3.72. The fraction of sp³-hybridized carbons (Fsp3) is 0.200. The van der Waals surface area contributed by atoms with Gasteiger partial charge in [-0.15, -0.1) is 0 Å². The van der Waals surface area contributed by atoms with Gasteiger partial charge in [0.1, 0.15) is 11.5 Å². The molecule has 0 heterocycles. The minimum atomic E-state index is 0.895. The molecule has 0 amide bonds. The van der Waals surface area contributed by atoms with E-state index in [1.54, 1.807) is 0 Å². The highest BCUT2D eigenvalue weighted by molar-refractivity contribution is 5.88. The van der Waals surface area contributed by atoms with Gasteiger partial charge in [-0.2, -0.15) is 0 Å². The van der Waals surface area contributed by atoms with E-state index in [0.717, 1.165) is 23.3 Å². The van der Waals surface area contributed by atoms with Crippen LogP contribution in [0.2, 0.25) is 0 Å². The maximum Gasteiger partial charge on any atom is 0.135 e. The first-order valence-electron chi connectivity index (χ1n) is 7.61. The van der Waals surface area contributed by atoms with Crippen LogP contribution in [0, 0.1) is 0 Å². The van der Waals surface area contributed by atoms with Crippen LogP contribution in [0.25, 0.3) is 10.8 Å². The molecule has 0 saturated heterocycles. The van der Waals surface area contributed by atoms with Gasteiger partial charge in [0.25, 0.3) is 0 Å². The summed E-state index contributed by atoms with van der Waals surface area (Å²) in [7, 11) is 0. The molecule has 0 aliphatic rings. The normalized spacial score (nSPS) is 10.7. The quantitative estimate of drug-likeness (QED) is 0.557. The fourth-order valence-corrected chi connectivity index (χ4v) is 2.52. The van der Waals surface area contributed by atoms with Crippen molar-refractivity contribution in [1.29, 1.82) is 0 Å². The van der Waals surface area contributed by atoms with Crippen LogP contribution in [0.5, 0.6) is 11.5 Å². The lowest BCUT2D eigenvalue weighted by atomic mass is 10.1. The van der Waals surface area contributed by atoms with Gasteiger partial charge in [0.05, 0.1) is 0 Å². The number of hydrogen-bond acceptors (Lipinski definition) is 1. The van der Waals surface area contributed by atoms with E-state index >= 15 is 0 Å². The summed E-state index contributed by atoms with van der Waals surface area (Å²) in [6.45, 7) is 2.22. The summed E-state index contributed by atoms with van der Waals surface area (Å²) in [4.78, 5) is 0. The van der Waals surface area contributed by atoms with Gasteiger partial charge in [0.2, 0.25) is 0 Å². The molecule has 106 valence electrons. The van der Waals surface area contributed by atoms with E-state index in [1.165, 1.54) is 23.8 Å². The molecule has 0 fully saturated rings. The molecule has 0 aliphatic heterocycles. The van der Waals surface area contributed by atoms with Crippen LogP contribution in [0.3, 0.4) is 0 Å². The average molecular weight is 276 g/mol.